The van der Waals surface area contributed by atoms with E-state index >= 15 is 0 Å². The van der Waals surface area contributed by atoms with E-state index in [4.69, 9.17) is 28.4 Å². The Hall–Kier alpha value is -4.40. The second kappa shape index (κ2) is 7.83. The minimum atomic E-state index is -1.70. The quantitative estimate of drug-likeness (QED) is 0.552. The normalized spacial score (nSPS) is 17.3. The molecule has 0 aromatic heterocycles. The molecule has 3 aromatic rings. The molecule has 1 aliphatic heterocycles. The summed E-state index contributed by atoms with van der Waals surface area (Å²) >= 11 is 0. The number of fused-ring (bicyclic) bond motifs is 6. The average molecular weight is 478 g/mol. The smallest absolute Gasteiger partial charge is 0.340 e. The fourth-order valence-electron chi connectivity index (χ4n) is 4.92. The molecule has 9 nitrogen and oxygen atoms in total. The van der Waals surface area contributed by atoms with Crippen LogP contribution >= 0.6 is 0 Å². The zero-order chi connectivity index (χ0) is 25.1. The maximum atomic E-state index is 13.7. The first-order valence-corrected chi connectivity index (χ1v) is 10.6. The van der Waals surface area contributed by atoms with Crippen LogP contribution in [-0.2, 0) is 10.3 Å². The van der Waals surface area contributed by atoms with Crippen molar-refractivity contribution in [1.82, 2.24) is 0 Å². The number of carbonyl (C=O) groups excluding carboxylic acids is 2. The number of phenols is 1. The van der Waals surface area contributed by atoms with Gasteiger partial charge in [-0.2, -0.15) is 0 Å². The maximum absolute atomic E-state index is 13.7. The largest absolute Gasteiger partial charge is 0.507 e. The number of methoxy groups -OCH3 is 5. The standard InChI is InChI=1S/C26H22O9/c1-30-12-6-15-22(19(10-12)33-4)26(17-8-14(32-3)9-18(27)21(17)24(15)28)23-16(25(29)35-26)7-13(31-2)11-20(23)34-5/h6-11,27H,1-5H3/t26-/m0/s1. The first-order chi connectivity index (χ1) is 16.8. The molecule has 9 heteroatoms. The molecule has 1 aliphatic carbocycles. The van der Waals surface area contributed by atoms with Crippen molar-refractivity contribution in [1.29, 1.82) is 0 Å². The van der Waals surface area contributed by atoms with Crippen molar-refractivity contribution in [2.75, 3.05) is 35.5 Å². The first-order valence-electron chi connectivity index (χ1n) is 10.6. The SMILES string of the molecule is COc1cc(OC)c2c(c1)C(=O)O[C@]21c2cc(OC)cc(O)c2C(=O)c2cc(OC)cc(OC)c21. The van der Waals surface area contributed by atoms with Gasteiger partial charge in [0.1, 0.15) is 34.5 Å². The maximum Gasteiger partial charge on any atom is 0.340 e. The molecule has 1 N–H and O–H groups in total. The van der Waals surface area contributed by atoms with Crippen molar-refractivity contribution in [2.24, 2.45) is 0 Å². The number of rotatable bonds is 5. The van der Waals surface area contributed by atoms with Crippen LogP contribution in [0.5, 0.6) is 34.5 Å². The van der Waals surface area contributed by atoms with Gasteiger partial charge in [0, 0.05) is 29.3 Å². The molecule has 0 saturated carbocycles. The molecule has 2 aliphatic rings. The van der Waals surface area contributed by atoms with E-state index < -0.39 is 17.4 Å². The molecule has 3 aromatic carbocycles. The number of ketones is 1. The van der Waals surface area contributed by atoms with Crippen LogP contribution in [0.1, 0.15) is 43.0 Å². The van der Waals surface area contributed by atoms with E-state index in [1.54, 1.807) is 24.3 Å². The average Bonchev–Trinajstić information content (AvgIpc) is 3.18. The molecule has 0 amide bonds. The first kappa shape index (κ1) is 22.4. The van der Waals surface area contributed by atoms with Crippen molar-refractivity contribution in [3.05, 3.63) is 69.8 Å². The molecule has 1 atom stereocenters. The van der Waals surface area contributed by atoms with Crippen LogP contribution in [0.25, 0.3) is 0 Å². The molecule has 180 valence electrons. The second-order valence-electron chi connectivity index (χ2n) is 7.97. The van der Waals surface area contributed by atoms with Crippen LogP contribution in [-0.4, -0.2) is 52.4 Å². The summed E-state index contributed by atoms with van der Waals surface area (Å²) in [6.45, 7) is 0. The third-order valence-electron chi connectivity index (χ3n) is 6.41. The number of hydrogen-bond donors (Lipinski definition) is 1. The van der Waals surface area contributed by atoms with Crippen LogP contribution in [0.3, 0.4) is 0 Å². The Morgan fingerprint density at radius 2 is 1.20 bits per heavy atom. The predicted molar refractivity (Wildman–Crippen MR) is 122 cm³/mol. The van der Waals surface area contributed by atoms with Crippen LogP contribution in [0.15, 0.2) is 36.4 Å². The van der Waals surface area contributed by atoms with E-state index in [0.29, 0.717) is 17.1 Å². The van der Waals surface area contributed by atoms with E-state index in [-0.39, 0.29) is 50.8 Å². The van der Waals surface area contributed by atoms with Crippen molar-refractivity contribution in [3.63, 3.8) is 0 Å². The van der Waals surface area contributed by atoms with Crippen molar-refractivity contribution < 1.29 is 43.1 Å². The van der Waals surface area contributed by atoms with Gasteiger partial charge in [0.25, 0.3) is 0 Å². The van der Waals surface area contributed by atoms with Crippen molar-refractivity contribution in [3.8, 4) is 34.5 Å². The van der Waals surface area contributed by atoms with E-state index in [2.05, 4.69) is 0 Å². The highest BCUT2D eigenvalue weighted by molar-refractivity contribution is 6.17. The van der Waals surface area contributed by atoms with Gasteiger partial charge in [0.15, 0.2) is 11.4 Å². The zero-order valence-corrected chi connectivity index (χ0v) is 19.7. The summed E-state index contributed by atoms with van der Waals surface area (Å²) in [5.41, 5.74) is -0.566. The van der Waals surface area contributed by atoms with E-state index in [9.17, 15) is 14.7 Å². The van der Waals surface area contributed by atoms with Crippen LogP contribution in [0, 0.1) is 0 Å². The van der Waals surface area contributed by atoms with Crippen LogP contribution in [0.2, 0.25) is 0 Å². The lowest BCUT2D eigenvalue weighted by Gasteiger charge is -2.38. The van der Waals surface area contributed by atoms with Crippen molar-refractivity contribution in [2.45, 2.75) is 5.60 Å². The van der Waals surface area contributed by atoms with Gasteiger partial charge in [-0.05, 0) is 18.2 Å². The molecule has 5 rings (SSSR count). The molecule has 35 heavy (non-hydrogen) atoms. The monoisotopic (exact) mass is 478 g/mol. The number of benzene rings is 3. The highest BCUT2D eigenvalue weighted by Gasteiger charge is 2.58. The van der Waals surface area contributed by atoms with Gasteiger partial charge in [-0.15, -0.1) is 0 Å². The fraction of sp³-hybridized carbons (Fsp3) is 0.231. The topological polar surface area (TPSA) is 110 Å². The van der Waals surface area contributed by atoms with Gasteiger partial charge >= 0.3 is 5.97 Å². The Kier molecular flexibility index (Phi) is 5.01. The third-order valence-corrected chi connectivity index (χ3v) is 6.41. The summed E-state index contributed by atoms with van der Waals surface area (Å²) < 4.78 is 33.6. The van der Waals surface area contributed by atoms with Gasteiger partial charge in [-0.25, -0.2) is 4.79 Å². The number of esters is 1. The molecular weight excluding hydrogens is 456 g/mol. The number of aromatic hydroxyl groups is 1. The highest BCUT2D eigenvalue weighted by atomic mass is 16.6. The summed E-state index contributed by atoms with van der Waals surface area (Å²) in [5.74, 6) is 0.0628. The summed E-state index contributed by atoms with van der Waals surface area (Å²) in [5, 5.41) is 10.9. The van der Waals surface area contributed by atoms with Crippen LogP contribution < -0.4 is 23.7 Å². The summed E-state index contributed by atoms with van der Waals surface area (Å²) in [7, 11) is 7.25. The van der Waals surface area contributed by atoms with Crippen molar-refractivity contribution >= 4 is 11.8 Å². The molecule has 0 saturated heterocycles. The van der Waals surface area contributed by atoms with Gasteiger partial charge in [-0.3, -0.25) is 4.79 Å². The van der Waals surface area contributed by atoms with E-state index in [0.717, 1.165) is 0 Å². The Balaban J connectivity index is 2.02. The number of hydrogen-bond acceptors (Lipinski definition) is 9. The lowest BCUT2D eigenvalue weighted by molar-refractivity contribution is 0.0226. The van der Waals surface area contributed by atoms with Gasteiger partial charge in [0.05, 0.1) is 57.8 Å². The summed E-state index contributed by atoms with van der Waals surface area (Å²) in [4.78, 5) is 27.1. The number of carbonyl (C=O) groups is 2. The minimum Gasteiger partial charge on any atom is -0.507 e. The lowest BCUT2D eigenvalue weighted by atomic mass is 9.69. The number of ether oxygens (including phenoxy) is 6. The highest BCUT2D eigenvalue weighted by Crippen LogP contribution is 2.59. The number of phenolic OH excluding ortho intramolecular Hbond substituents is 1. The molecule has 1 heterocycles. The molecular formula is C26H22O9. The summed E-state index contributed by atoms with van der Waals surface area (Å²) in [6, 6.07) is 9.17. The minimum absolute atomic E-state index is 0.0351. The summed E-state index contributed by atoms with van der Waals surface area (Å²) in [6.07, 6.45) is 0. The Bertz CT molecular complexity index is 1410. The lowest BCUT2D eigenvalue weighted by Crippen LogP contribution is -2.38. The van der Waals surface area contributed by atoms with Gasteiger partial charge < -0.3 is 33.5 Å². The van der Waals surface area contributed by atoms with Crippen LogP contribution in [0.4, 0.5) is 0 Å². The molecule has 0 unspecified atom stereocenters. The van der Waals surface area contributed by atoms with E-state index in [1.807, 2.05) is 0 Å². The van der Waals surface area contributed by atoms with Gasteiger partial charge in [0.2, 0.25) is 0 Å². The Labute approximate surface area is 200 Å². The molecule has 0 radical (unpaired) electrons. The Morgan fingerprint density at radius 3 is 1.74 bits per heavy atom. The zero-order valence-electron chi connectivity index (χ0n) is 19.7. The van der Waals surface area contributed by atoms with E-state index in [1.165, 1.54) is 47.7 Å². The molecule has 0 bridgehead atoms. The predicted octanol–water partition coefficient (Wildman–Crippen LogP) is 3.44. The molecule has 1 spiro atoms. The fourth-order valence-corrected chi connectivity index (χ4v) is 4.92. The second-order valence-corrected chi connectivity index (χ2v) is 7.97. The third kappa shape index (κ3) is 2.87. The Morgan fingerprint density at radius 1 is 0.686 bits per heavy atom. The molecule has 0 fully saturated rings. The van der Waals surface area contributed by atoms with Gasteiger partial charge in [-0.1, -0.05) is 0 Å².